The summed E-state index contributed by atoms with van der Waals surface area (Å²) in [5.41, 5.74) is -1.43. The zero-order valence-electron chi connectivity index (χ0n) is 5.98. The molecule has 0 unspecified atom stereocenters. The maximum atomic E-state index is 12.4. The van der Waals surface area contributed by atoms with E-state index >= 15 is 0 Å². The Labute approximate surface area is 69.0 Å². The Balaban J connectivity index is 3.03. The van der Waals surface area contributed by atoms with Crippen LogP contribution in [0, 0.1) is 5.82 Å². The van der Waals surface area contributed by atoms with Gasteiger partial charge in [-0.3, -0.25) is 4.79 Å². The molecule has 0 aromatic carbocycles. The van der Waals surface area contributed by atoms with Gasteiger partial charge in [0, 0.05) is 12.4 Å². The largest absolute Gasteiger partial charge is 0.573 e. The maximum Gasteiger partial charge on any atom is 0.573 e. The predicted octanol–water partition coefficient (Wildman–Crippen LogP) is 1.41. The summed E-state index contributed by atoms with van der Waals surface area (Å²) in [6, 6.07) is 0. The summed E-state index contributed by atoms with van der Waals surface area (Å²) in [4.78, 5) is 12.6. The van der Waals surface area contributed by atoms with E-state index in [1.165, 1.54) is 0 Å². The molecule has 0 atom stereocenters. The lowest BCUT2D eigenvalue weighted by molar-refractivity contribution is -0.275. The maximum absolute atomic E-state index is 12.4. The van der Waals surface area contributed by atoms with Gasteiger partial charge in [-0.2, -0.15) is 0 Å². The average molecular weight is 197 g/mol. The molecule has 0 amide bonds. The molecule has 1 aromatic heterocycles. The predicted molar refractivity (Wildman–Crippen MR) is 33.7 cm³/mol. The minimum Gasteiger partial charge on any atom is -0.400 e. The van der Waals surface area contributed by atoms with Crippen molar-refractivity contribution >= 4 is 0 Å². The van der Waals surface area contributed by atoms with Crippen molar-refractivity contribution in [3.63, 3.8) is 0 Å². The van der Waals surface area contributed by atoms with E-state index in [0.717, 1.165) is 0 Å². The van der Waals surface area contributed by atoms with Gasteiger partial charge in [0.1, 0.15) is 0 Å². The Morgan fingerprint density at radius 2 is 1.92 bits per heavy atom. The number of aromatic amines is 1. The van der Waals surface area contributed by atoms with Crippen molar-refractivity contribution in [1.29, 1.82) is 0 Å². The molecule has 0 fully saturated rings. The highest BCUT2D eigenvalue weighted by Crippen LogP contribution is 2.18. The Kier molecular flexibility index (Phi) is 2.26. The lowest BCUT2D eigenvalue weighted by atomic mass is 10.4. The van der Waals surface area contributed by atoms with Crippen LogP contribution in [0.3, 0.4) is 0 Å². The van der Waals surface area contributed by atoms with Crippen LogP contribution in [0.15, 0.2) is 17.2 Å². The van der Waals surface area contributed by atoms with Crippen molar-refractivity contribution in [1.82, 2.24) is 4.98 Å². The second-order valence-corrected chi connectivity index (χ2v) is 2.04. The number of alkyl halides is 3. The number of pyridine rings is 1. The van der Waals surface area contributed by atoms with Crippen LogP contribution in [0.5, 0.6) is 5.75 Å². The van der Waals surface area contributed by atoms with E-state index in [1.54, 1.807) is 0 Å². The number of hydrogen-bond acceptors (Lipinski definition) is 2. The van der Waals surface area contributed by atoms with Crippen LogP contribution in [0.1, 0.15) is 0 Å². The van der Waals surface area contributed by atoms with Crippen molar-refractivity contribution in [3.8, 4) is 5.75 Å². The second-order valence-electron chi connectivity index (χ2n) is 2.04. The molecule has 0 aliphatic heterocycles. The highest BCUT2D eigenvalue weighted by molar-refractivity contribution is 5.17. The normalized spacial score (nSPS) is 11.4. The van der Waals surface area contributed by atoms with Crippen LogP contribution in [0.2, 0.25) is 0 Å². The third kappa shape index (κ3) is 2.46. The van der Waals surface area contributed by atoms with E-state index in [2.05, 4.69) is 4.74 Å². The first-order valence-electron chi connectivity index (χ1n) is 3.02. The van der Waals surface area contributed by atoms with Crippen LogP contribution in [0.4, 0.5) is 17.6 Å². The molecule has 1 heterocycles. The van der Waals surface area contributed by atoms with Crippen LogP contribution in [-0.2, 0) is 0 Å². The Morgan fingerprint density at radius 1 is 1.31 bits per heavy atom. The topological polar surface area (TPSA) is 42.1 Å². The van der Waals surface area contributed by atoms with Gasteiger partial charge in [0.05, 0.1) is 0 Å². The average Bonchev–Trinajstić information content (AvgIpc) is 1.96. The van der Waals surface area contributed by atoms with Gasteiger partial charge in [-0.1, -0.05) is 0 Å². The van der Waals surface area contributed by atoms with Crippen LogP contribution < -0.4 is 10.2 Å². The lowest BCUT2D eigenvalue weighted by Gasteiger charge is -2.06. The number of nitrogens with one attached hydrogen (secondary N) is 1. The molecule has 3 nitrogen and oxygen atoms in total. The van der Waals surface area contributed by atoms with E-state index in [0.29, 0.717) is 12.4 Å². The summed E-state index contributed by atoms with van der Waals surface area (Å²) in [6.45, 7) is 0. The molecule has 1 N–H and O–H groups in total. The number of H-pyrrole nitrogens is 1. The number of halogens is 4. The van der Waals surface area contributed by atoms with E-state index in [1.807, 2.05) is 4.98 Å². The Bertz CT molecular complexity index is 356. The Morgan fingerprint density at radius 3 is 2.46 bits per heavy atom. The first-order valence-corrected chi connectivity index (χ1v) is 3.02. The van der Waals surface area contributed by atoms with Gasteiger partial charge in [-0.15, -0.1) is 13.2 Å². The molecule has 0 aliphatic rings. The van der Waals surface area contributed by atoms with Crippen molar-refractivity contribution in [2.45, 2.75) is 6.36 Å². The highest BCUT2D eigenvalue weighted by Gasteiger charge is 2.32. The number of rotatable bonds is 1. The van der Waals surface area contributed by atoms with E-state index in [9.17, 15) is 22.4 Å². The Hall–Kier alpha value is -1.53. The molecular weight excluding hydrogens is 194 g/mol. The molecule has 1 rings (SSSR count). The molecule has 0 bridgehead atoms. The van der Waals surface area contributed by atoms with Crippen molar-refractivity contribution < 1.29 is 22.3 Å². The number of hydrogen-bond donors (Lipinski definition) is 1. The molecule has 0 saturated carbocycles. The summed E-state index contributed by atoms with van der Waals surface area (Å²) in [7, 11) is 0. The quantitative estimate of drug-likeness (QED) is 0.691. The molecule has 0 radical (unpaired) electrons. The summed E-state index contributed by atoms with van der Waals surface area (Å²) in [6.07, 6.45) is -3.74. The first kappa shape index (κ1) is 9.56. The van der Waals surface area contributed by atoms with Gasteiger partial charge in [0.15, 0.2) is 11.6 Å². The minimum atomic E-state index is -5.00. The van der Waals surface area contributed by atoms with Gasteiger partial charge < -0.3 is 9.72 Å². The SMILES string of the molecule is O=c1c(F)c[nH]cc1OC(F)(F)F. The molecule has 7 heteroatoms. The summed E-state index contributed by atoms with van der Waals surface area (Å²) < 4.78 is 50.3. The van der Waals surface area contributed by atoms with Crippen LogP contribution in [-0.4, -0.2) is 11.3 Å². The van der Waals surface area contributed by atoms with Gasteiger partial charge in [0.25, 0.3) is 5.43 Å². The first-order chi connectivity index (χ1) is 5.90. The highest BCUT2D eigenvalue weighted by atomic mass is 19.4. The fourth-order valence-corrected chi connectivity index (χ4v) is 0.640. The zero-order chi connectivity index (χ0) is 10.1. The smallest absolute Gasteiger partial charge is 0.400 e. The second kappa shape index (κ2) is 3.08. The molecule has 1 aromatic rings. The van der Waals surface area contributed by atoms with Crippen molar-refractivity contribution in [2.24, 2.45) is 0 Å². The van der Waals surface area contributed by atoms with E-state index in [-0.39, 0.29) is 0 Å². The molecular formula is C6H3F4NO2. The van der Waals surface area contributed by atoms with Crippen LogP contribution in [0.25, 0.3) is 0 Å². The molecule has 13 heavy (non-hydrogen) atoms. The van der Waals surface area contributed by atoms with Gasteiger partial charge in [0.2, 0.25) is 0 Å². The number of ether oxygens (including phenoxy) is 1. The van der Waals surface area contributed by atoms with Crippen molar-refractivity contribution in [2.75, 3.05) is 0 Å². The molecule has 0 aliphatic carbocycles. The third-order valence-corrected chi connectivity index (χ3v) is 1.09. The van der Waals surface area contributed by atoms with E-state index in [4.69, 9.17) is 0 Å². The fraction of sp³-hybridized carbons (Fsp3) is 0.167. The summed E-state index contributed by atoms with van der Waals surface area (Å²) >= 11 is 0. The fourth-order valence-electron chi connectivity index (χ4n) is 0.640. The number of aromatic nitrogens is 1. The molecule has 0 spiro atoms. The van der Waals surface area contributed by atoms with Crippen molar-refractivity contribution in [3.05, 3.63) is 28.4 Å². The standard InChI is InChI=1S/C6H3F4NO2/c7-3-1-11-2-4(5(3)12)13-6(8,9)10/h1-2H,(H,11,12). The zero-order valence-corrected chi connectivity index (χ0v) is 5.98. The van der Waals surface area contributed by atoms with Gasteiger partial charge >= 0.3 is 6.36 Å². The van der Waals surface area contributed by atoms with Gasteiger partial charge in [-0.05, 0) is 0 Å². The van der Waals surface area contributed by atoms with Gasteiger partial charge in [-0.25, -0.2) is 4.39 Å². The summed E-state index contributed by atoms with van der Waals surface area (Å²) in [5.74, 6) is -2.45. The molecule has 0 saturated heterocycles. The van der Waals surface area contributed by atoms with Crippen LogP contribution >= 0.6 is 0 Å². The lowest BCUT2D eigenvalue weighted by Crippen LogP contribution is -2.22. The monoisotopic (exact) mass is 197 g/mol. The molecule has 72 valence electrons. The van der Waals surface area contributed by atoms with E-state index < -0.39 is 23.4 Å². The summed E-state index contributed by atoms with van der Waals surface area (Å²) in [5, 5.41) is 0. The minimum absolute atomic E-state index is 0.624. The third-order valence-electron chi connectivity index (χ3n) is 1.09.